The Kier molecular flexibility index (Phi) is 20.9. The third-order valence-corrected chi connectivity index (χ3v) is 0. The molecular weight excluding hydrogens is 146 g/mol. The molecule has 0 bridgehead atoms. The Hall–Kier alpha value is 0.622. The number of aliphatic hydroxyl groups excluding tert-OH is 1. The fourth-order valence-corrected chi connectivity index (χ4v) is 0. The molecule has 0 aromatic rings. The van der Waals surface area contributed by atoms with E-state index in [1.165, 1.54) is 0 Å². The van der Waals surface area contributed by atoms with Gasteiger partial charge in [-0.3, -0.25) is 0 Å². The zero-order valence-corrected chi connectivity index (χ0v) is 3.90. The minimum absolute atomic E-state index is 0. The van der Waals surface area contributed by atoms with Crippen LogP contribution < -0.4 is 0 Å². The predicted octanol–water partition coefficient (Wildman–Crippen LogP) is 0.538. The quantitative estimate of drug-likeness (QED) is 0.396. The van der Waals surface area contributed by atoms with E-state index in [1.54, 1.807) is 6.92 Å². The van der Waals surface area contributed by atoms with Crippen LogP contribution in [-0.2, 0) is 20.4 Å². The van der Waals surface area contributed by atoms with Crippen LogP contribution in [0.2, 0.25) is 0 Å². The summed E-state index contributed by atoms with van der Waals surface area (Å²) in [6, 6.07) is 0. The van der Waals surface area contributed by atoms with Crippen LogP contribution in [0, 0.1) is 6.61 Å². The summed E-state index contributed by atoms with van der Waals surface area (Å²) in [5.74, 6) is 0. The summed E-state index contributed by atoms with van der Waals surface area (Å²) in [6.45, 7) is 2.56. The molecular formula is C2H5OPd-. The summed E-state index contributed by atoms with van der Waals surface area (Å²) in [4.78, 5) is 0. The molecule has 1 N–H and O–H groups in total. The molecule has 0 saturated carbocycles. The first-order valence-corrected chi connectivity index (χ1v) is 0.836. The van der Waals surface area contributed by atoms with Crippen molar-refractivity contribution in [1.82, 2.24) is 0 Å². The van der Waals surface area contributed by atoms with Gasteiger partial charge in [0.05, 0.1) is 0 Å². The molecule has 0 rings (SSSR count). The van der Waals surface area contributed by atoms with E-state index in [2.05, 4.69) is 0 Å². The number of aliphatic hydroxyl groups is 1. The van der Waals surface area contributed by atoms with E-state index in [9.17, 15) is 0 Å². The van der Waals surface area contributed by atoms with Gasteiger partial charge in [0.15, 0.2) is 0 Å². The predicted molar refractivity (Wildman–Crippen MR) is 11.9 cm³/mol. The fourth-order valence-electron chi connectivity index (χ4n) is 0. The summed E-state index contributed by atoms with van der Waals surface area (Å²) in [7, 11) is 0. The Morgan fingerprint density at radius 1 is 1.75 bits per heavy atom. The molecule has 2 heteroatoms. The molecule has 30 valence electrons. The topological polar surface area (TPSA) is 20.2 Å². The summed E-state index contributed by atoms with van der Waals surface area (Å²) in [5, 5.41) is 7.44. The van der Waals surface area contributed by atoms with Crippen molar-refractivity contribution in [3.05, 3.63) is 6.61 Å². The van der Waals surface area contributed by atoms with E-state index in [-0.39, 0.29) is 20.4 Å². The molecule has 0 saturated heterocycles. The SMILES string of the molecule is C[CH-]O.[Pd]. The van der Waals surface area contributed by atoms with Crippen molar-refractivity contribution < 1.29 is 25.5 Å². The maximum Gasteiger partial charge on any atom is 0 e. The molecule has 0 aliphatic rings. The molecule has 1 nitrogen and oxygen atoms in total. The standard InChI is InChI=1S/C2H5O.Pd/c1-2-3;/h2-3H,1H3;/q-1;. The van der Waals surface area contributed by atoms with E-state index < -0.39 is 0 Å². The zero-order chi connectivity index (χ0) is 2.71. The van der Waals surface area contributed by atoms with E-state index in [0.29, 0.717) is 0 Å². The summed E-state index contributed by atoms with van der Waals surface area (Å²) in [6.07, 6.45) is 0. The van der Waals surface area contributed by atoms with Crippen molar-refractivity contribution >= 4 is 0 Å². The molecule has 0 atom stereocenters. The second kappa shape index (κ2) is 9.46. The van der Waals surface area contributed by atoms with Gasteiger partial charge in [-0.25, -0.2) is 6.61 Å². The van der Waals surface area contributed by atoms with E-state index in [0.717, 1.165) is 6.61 Å². The number of rotatable bonds is 0. The van der Waals surface area contributed by atoms with Crippen LogP contribution in [0.1, 0.15) is 6.92 Å². The molecule has 0 fully saturated rings. The van der Waals surface area contributed by atoms with Crippen LogP contribution in [0.4, 0.5) is 0 Å². The van der Waals surface area contributed by atoms with Gasteiger partial charge in [-0.2, -0.15) is 6.92 Å². The maximum absolute atomic E-state index is 7.44. The monoisotopic (exact) mass is 151 g/mol. The molecule has 0 spiro atoms. The first-order chi connectivity index (χ1) is 1.41. The van der Waals surface area contributed by atoms with Gasteiger partial charge in [0.25, 0.3) is 0 Å². The maximum atomic E-state index is 7.44. The van der Waals surface area contributed by atoms with Gasteiger partial charge in [0, 0.05) is 20.4 Å². The number of hydrogen-bond acceptors (Lipinski definition) is 1. The van der Waals surface area contributed by atoms with Crippen LogP contribution in [0.25, 0.3) is 0 Å². The Bertz CT molecular complexity index is 6.00. The molecule has 0 aliphatic heterocycles. The smallest absolute Gasteiger partial charge is 0 e. The summed E-state index contributed by atoms with van der Waals surface area (Å²) < 4.78 is 0. The third-order valence-electron chi connectivity index (χ3n) is 0. The molecule has 0 radical (unpaired) electrons. The largest absolute Gasteiger partial charge is 0.566 e. The van der Waals surface area contributed by atoms with Crippen molar-refractivity contribution in [1.29, 1.82) is 0 Å². The average molecular weight is 151 g/mol. The van der Waals surface area contributed by atoms with Gasteiger partial charge in [-0.15, -0.1) is 0 Å². The van der Waals surface area contributed by atoms with E-state index in [4.69, 9.17) is 5.11 Å². The van der Waals surface area contributed by atoms with Crippen LogP contribution in [0.3, 0.4) is 0 Å². The van der Waals surface area contributed by atoms with Crippen molar-refractivity contribution in [2.75, 3.05) is 0 Å². The van der Waals surface area contributed by atoms with Gasteiger partial charge in [-0.1, -0.05) is 0 Å². The first-order valence-electron chi connectivity index (χ1n) is 0.836. The van der Waals surface area contributed by atoms with Crippen molar-refractivity contribution in [2.24, 2.45) is 0 Å². The molecule has 0 aliphatic carbocycles. The van der Waals surface area contributed by atoms with Gasteiger partial charge in [0.1, 0.15) is 0 Å². The Balaban J connectivity index is 0. The van der Waals surface area contributed by atoms with Gasteiger partial charge in [0.2, 0.25) is 0 Å². The second-order valence-corrected chi connectivity index (χ2v) is 0.258. The minimum Gasteiger partial charge on any atom is -0.566 e. The van der Waals surface area contributed by atoms with Crippen molar-refractivity contribution in [2.45, 2.75) is 6.92 Å². The van der Waals surface area contributed by atoms with E-state index >= 15 is 0 Å². The van der Waals surface area contributed by atoms with Gasteiger partial charge >= 0.3 is 0 Å². The van der Waals surface area contributed by atoms with Crippen LogP contribution in [0.5, 0.6) is 0 Å². The van der Waals surface area contributed by atoms with Gasteiger partial charge in [-0.05, 0) is 0 Å². The van der Waals surface area contributed by atoms with Crippen molar-refractivity contribution in [3.63, 3.8) is 0 Å². The van der Waals surface area contributed by atoms with E-state index in [1.807, 2.05) is 0 Å². The van der Waals surface area contributed by atoms with Crippen LogP contribution in [-0.4, -0.2) is 5.11 Å². The second-order valence-electron chi connectivity index (χ2n) is 0.258. The molecule has 4 heavy (non-hydrogen) atoms. The molecule has 0 unspecified atom stereocenters. The van der Waals surface area contributed by atoms with Gasteiger partial charge < -0.3 is 5.11 Å². The summed E-state index contributed by atoms with van der Waals surface area (Å²) >= 11 is 0. The Labute approximate surface area is 39.7 Å². The zero-order valence-electron chi connectivity index (χ0n) is 2.34. The number of hydrogen-bond donors (Lipinski definition) is 1. The van der Waals surface area contributed by atoms with Crippen LogP contribution >= 0.6 is 0 Å². The average Bonchev–Trinajstić information content (AvgIpc) is 0.918. The molecule has 0 amide bonds. The Morgan fingerprint density at radius 3 is 1.75 bits per heavy atom. The van der Waals surface area contributed by atoms with Crippen molar-refractivity contribution in [3.8, 4) is 0 Å². The first kappa shape index (κ1) is 8.82. The summed E-state index contributed by atoms with van der Waals surface area (Å²) in [5.41, 5.74) is 0. The Morgan fingerprint density at radius 2 is 1.75 bits per heavy atom. The third kappa shape index (κ3) is 17.8. The molecule has 0 aromatic heterocycles. The van der Waals surface area contributed by atoms with Crippen LogP contribution in [0.15, 0.2) is 0 Å². The molecule has 0 heterocycles. The molecule has 0 aromatic carbocycles. The fraction of sp³-hybridized carbons (Fsp3) is 0.500. The minimum atomic E-state index is 0. The normalized spacial score (nSPS) is 4.50.